The summed E-state index contributed by atoms with van der Waals surface area (Å²) in [7, 11) is 0. The Balaban J connectivity index is 1.80. The molecule has 10 heteroatoms. The molecule has 0 unspecified atom stereocenters. The second-order valence-corrected chi connectivity index (χ2v) is 6.96. The fourth-order valence-corrected chi connectivity index (χ4v) is 2.93. The summed E-state index contributed by atoms with van der Waals surface area (Å²) in [5.41, 5.74) is 0.913. The highest BCUT2D eigenvalue weighted by Crippen LogP contribution is 2.32. The molecule has 166 valence electrons. The van der Waals surface area contributed by atoms with Gasteiger partial charge in [0.25, 0.3) is 5.56 Å². The monoisotopic (exact) mass is 442 g/mol. The van der Waals surface area contributed by atoms with Gasteiger partial charge in [-0.3, -0.25) is 19.4 Å². The Hall–Kier alpha value is -4.08. The minimum atomic E-state index is -0.977. The number of hydrogen-bond acceptors (Lipinski definition) is 5. The lowest BCUT2D eigenvalue weighted by Gasteiger charge is -2.02. The number of phenols is 1. The first-order valence-electron chi connectivity index (χ1n) is 9.64. The van der Waals surface area contributed by atoms with Crippen LogP contribution in [-0.4, -0.2) is 26.0 Å². The van der Waals surface area contributed by atoms with Gasteiger partial charge in [-0.15, -0.1) is 10.2 Å². The highest BCUT2D eigenvalue weighted by molar-refractivity contribution is 5.75. The number of nitrogens with one attached hydrogen (secondary N) is 1. The summed E-state index contributed by atoms with van der Waals surface area (Å²) < 4.78 is 27.6. The minimum Gasteiger partial charge on any atom is -0.505 e. The Bertz CT molecular complexity index is 1260. The molecule has 2 aromatic carbocycles. The van der Waals surface area contributed by atoms with Gasteiger partial charge < -0.3 is 10.2 Å². The number of nitrogens with zero attached hydrogens (tertiary/aromatic N) is 3. The largest absolute Gasteiger partial charge is 0.505 e. The highest BCUT2D eigenvalue weighted by atomic mass is 19.2. The number of aromatic hydroxyl groups is 1. The third kappa shape index (κ3) is 5.34. The summed E-state index contributed by atoms with van der Waals surface area (Å²) in [6.07, 6.45) is 3.22. The van der Waals surface area contributed by atoms with E-state index in [4.69, 9.17) is 5.11 Å². The quantitative estimate of drug-likeness (QED) is 0.339. The van der Waals surface area contributed by atoms with Crippen LogP contribution in [0.4, 0.5) is 20.2 Å². The lowest BCUT2D eigenvalue weighted by molar-refractivity contribution is -0.137. The van der Waals surface area contributed by atoms with Crippen molar-refractivity contribution in [3.05, 3.63) is 75.2 Å². The Morgan fingerprint density at radius 3 is 2.66 bits per heavy atom. The van der Waals surface area contributed by atoms with Crippen LogP contribution in [0.5, 0.6) is 5.75 Å². The van der Waals surface area contributed by atoms with Gasteiger partial charge in [0.1, 0.15) is 11.4 Å². The first-order valence-corrected chi connectivity index (χ1v) is 9.64. The van der Waals surface area contributed by atoms with Crippen LogP contribution in [0.1, 0.15) is 29.7 Å². The van der Waals surface area contributed by atoms with Crippen LogP contribution in [0, 0.1) is 18.6 Å². The molecular weight excluding hydrogens is 422 g/mol. The van der Waals surface area contributed by atoms with Crippen molar-refractivity contribution < 1.29 is 23.8 Å². The summed E-state index contributed by atoms with van der Waals surface area (Å²) in [6.45, 7) is 1.82. The zero-order chi connectivity index (χ0) is 23.3. The van der Waals surface area contributed by atoms with Gasteiger partial charge in [-0.05, 0) is 37.1 Å². The molecule has 0 aliphatic carbocycles. The maximum atomic E-state index is 13.3. The SMILES string of the molecule is Cc1[nH]n(CCCC(=O)O)c(=O)c1N=Nc1cccc(/C=C/c2ccc(F)c(F)c2)c1O. The van der Waals surface area contributed by atoms with E-state index in [1.165, 1.54) is 29.0 Å². The van der Waals surface area contributed by atoms with Crippen LogP contribution in [-0.2, 0) is 11.3 Å². The Kier molecular flexibility index (Phi) is 6.93. The summed E-state index contributed by atoms with van der Waals surface area (Å²) in [4.78, 5) is 23.1. The number of phenolic OH excluding ortho intramolecular Hbond substituents is 1. The van der Waals surface area contributed by atoms with E-state index in [1.54, 1.807) is 19.1 Å². The van der Waals surface area contributed by atoms with Gasteiger partial charge in [0, 0.05) is 18.5 Å². The van der Waals surface area contributed by atoms with Gasteiger partial charge in [-0.1, -0.05) is 30.4 Å². The first-order chi connectivity index (χ1) is 15.3. The number of carboxylic acids is 1. The Morgan fingerprint density at radius 1 is 1.16 bits per heavy atom. The van der Waals surface area contributed by atoms with E-state index in [0.29, 0.717) is 16.8 Å². The molecule has 0 saturated heterocycles. The molecule has 0 bridgehead atoms. The molecule has 3 N–H and O–H groups in total. The third-order valence-corrected chi connectivity index (χ3v) is 4.58. The predicted molar refractivity (Wildman–Crippen MR) is 114 cm³/mol. The maximum Gasteiger partial charge on any atom is 0.303 e. The molecule has 3 aromatic rings. The number of carboxylic acid groups (broad SMARTS) is 1. The summed E-state index contributed by atoms with van der Waals surface area (Å²) >= 11 is 0. The third-order valence-electron chi connectivity index (χ3n) is 4.58. The second-order valence-electron chi connectivity index (χ2n) is 6.96. The van der Waals surface area contributed by atoms with Crippen molar-refractivity contribution in [1.82, 2.24) is 9.78 Å². The number of benzene rings is 2. The number of carbonyl (C=O) groups is 1. The van der Waals surface area contributed by atoms with Crippen molar-refractivity contribution >= 4 is 29.5 Å². The Labute approximate surface area is 181 Å². The number of aryl methyl sites for hydroxylation is 2. The molecule has 0 saturated carbocycles. The molecule has 0 aliphatic heterocycles. The number of para-hydroxylation sites is 1. The molecule has 0 radical (unpaired) electrons. The molecular formula is C22H20F2N4O4. The van der Waals surface area contributed by atoms with Crippen molar-refractivity contribution in [2.45, 2.75) is 26.3 Å². The molecule has 8 nitrogen and oxygen atoms in total. The van der Waals surface area contributed by atoms with Crippen molar-refractivity contribution in [3.63, 3.8) is 0 Å². The van der Waals surface area contributed by atoms with Gasteiger partial charge >= 0.3 is 5.97 Å². The predicted octanol–water partition coefficient (Wildman–Crippen LogP) is 4.92. The van der Waals surface area contributed by atoms with E-state index in [-0.39, 0.29) is 36.5 Å². The molecule has 0 spiro atoms. The molecule has 0 atom stereocenters. The lowest BCUT2D eigenvalue weighted by Crippen LogP contribution is -2.17. The van der Waals surface area contributed by atoms with E-state index in [9.17, 15) is 23.5 Å². The fraction of sp³-hybridized carbons (Fsp3) is 0.182. The number of hydrogen-bond donors (Lipinski definition) is 3. The zero-order valence-electron chi connectivity index (χ0n) is 17.0. The van der Waals surface area contributed by atoms with Crippen molar-refractivity contribution in [1.29, 1.82) is 0 Å². The van der Waals surface area contributed by atoms with Crippen LogP contribution < -0.4 is 5.56 Å². The lowest BCUT2D eigenvalue weighted by atomic mass is 10.1. The molecule has 3 rings (SSSR count). The molecule has 1 heterocycles. The summed E-state index contributed by atoms with van der Waals surface area (Å²) in [5.74, 6) is -3.08. The van der Waals surface area contributed by atoms with Gasteiger partial charge in [-0.25, -0.2) is 8.78 Å². The van der Waals surface area contributed by atoms with E-state index in [2.05, 4.69) is 15.3 Å². The first kappa shape index (κ1) is 22.6. The molecule has 1 aromatic heterocycles. The van der Waals surface area contributed by atoms with E-state index >= 15 is 0 Å². The molecule has 32 heavy (non-hydrogen) atoms. The standard InChI is InChI=1S/C22H20F2N4O4/c1-13-20(22(32)28(27-13)11-3-6-19(29)30)26-25-18-5-2-4-15(21(18)31)9-7-14-8-10-16(23)17(24)12-14/h2,4-5,7-10,12,27,31H,3,6,11H2,1H3,(H,29,30)/b9-7+,26-25?. The summed E-state index contributed by atoms with van der Waals surface area (Å²) in [6, 6.07) is 8.15. The van der Waals surface area contributed by atoms with Gasteiger partial charge in [0.05, 0.1) is 5.69 Å². The molecule has 0 aliphatic rings. The maximum absolute atomic E-state index is 13.3. The van der Waals surface area contributed by atoms with E-state index in [1.807, 2.05) is 0 Å². The van der Waals surface area contributed by atoms with Crippen molar-refractivity contribution in [3.8, 4) is 5.75 Å². The smallest absolute Gasteiger partial charge is 0.303 e. The van der Waals surface area contributed by atoms with Gasteiger partial charge in [0.2, 0.25) is 0 Å². The molecule has 0 amide bonds. The number of aliphatic carboxylic acids is 1. The number of halogens is 2. The van der Waals surface area contributed by atoms with Gasteiger partial charge in [-0.2, -0.15) is 0 Å². The highest BCUT2D eigenvalue weighted by Gasteiger charge is 2.12. The number of azo groups is 1. The average Bonchev–Trinajstić information content (AvgIpc) is 3.01. The van der Waals surface area contributed by atoms with Crippen LogP contribution in [0.3, 0.4) is 0 Å². The fourth-order valence-electron chi connectivity index (χ4n) is 2.93. The number of H-pyrrole nitrogens is 1. The number of aromatic amines is 1. The van der Waals surface area contributed by atoms with Crippen LogP contribution in [0.15, 0.2) is 51.4 Å². The second kappa shape index (κ2) is 9.82. The van der Waals surface area contributed by atoms with Crippen molar-refractivity contribution in [2.24, 2.45) is 10.2 Å². The number of aromatic nitrogens is 2. The van der Waals surface area contributed by atoms with Crippen LogP contribution >= 0.6 is 0 Å². The van der Waals surface area contributed by atoms with Crippen LogP contribution in [0.2, 0.25) is 0 Å². The number of rotatable bonds is 8. The van der Waals surface area contributed by atoms with E-state index in [0.717, 1.165) is 12.1 Å². The Morgan fingerprint density at radius 2 is 1.94 bits per heavy atom. The minimum absolute atomic E-state index is 0.0439. The van der Waals surface area contributed by atoms with Gasteiger partial charge in [0.15, 0.2) is 17.3 Å². The van der Waals surface area contributed by atoms with Crippen molar-refractivity contribution in [2.75, 3.05) is 0 Å². The van der Waals surface area contributed by atoms with Crippen LogP contribution in [0.25, 0.3) is 12.2 Å². The summed E-state index contributed by atoms with van der Waals surface area (Å²) in [5, 5.41) is 29.9. The normalized spacial score (nSPS) is 11.6. The topological polar surface area (TPSA) is 120 Å². The average molecular weight is 442 g/mol. The zero-order valence-corrected chi connectivity index (χ0v) is 17.0. The van der Waals surface area contributed by atoms with E-state index < -0.39 is 23.2 Å². The molecule has 0 fully saturated rings.